The molecule has 2 aromatic heterocycles. The van der Waals surface area contributed by atoms with E-state index in [1.807, 2.05) is 35.4 Å². The highest BCUT2D eigenvalue weighted by molar-refractivity contribution is 5.83. The van der Waals surface area contributed by atoms with Crippen molar-refractivity contribution in [2.75, 3.05) is 43.7 Å². The first-order valence-corrected chi connectivity index (χ1v) is 9.36. The van der Waals surface area contributed by atoms with E-state index in [9.17, 15) is 13.2 Å². The summed E-state index contributed by atoms with van der Waals surface area (Å²) in [5.74, 6) is 0.302. The second-order valence-electron chi connectivity index (χ2n) is 7.29. The predicted octanol–water partition coefficient (Wildman–Crippen LogP) is 3.49. The van der Waals surface area contributed by atoms with Gasteiger partial charge in [-0.1, -0.05) is 18.2 Å². The number of aromatic amines is 1. The third-order valence-electron chi connectivity index (χ3n) is 5.06. The Morgan fingerprint density at radius 1 is 1.24 bits per heavy atom. The molecule has 3 heterocycles. The van der Waals surface area contributed by atoms with Crippen molar-refractivity contribution < 1.29 is 17.9 Å². The zero-order valence-electron chi connectivity index (χ0n) is 16.2. The van der Waals surface area contributed by atoms with Crippen molar-refractivity contribution in [2.24, 2.45) is 0 Å². The third kappa shape index (κ3) is 4.00. The summed E-state index contributed by atoms with van der Waals surface area (Å²) in [5, 5.41) is 1.09. The van der Waals surface area contributed by atoms with Crippen molar-refractivity contribution in [3.05, 3.63) is 47.8 Å². The van der Waals surface area contributed by atoms with Crippen LogP contribution in [0.1, 0.15) is 11.3 Å². The molecule has 6 nitrogen and oxygen atoms in total. The van der Waals surface area contributed by atoms with Gasteiger partial charge in [0.1, 0.15) is 5.82 Å². The van der Waals surface area contributed by atoms with Gasteiger partial charge >= 0.3 is 6.18 Å². The number of rotatable bonds is 4. The van der Waals surface area contributed by atoms with Gasteiger partial charge in [-0.05, 0) is 18.1 Å². The molecular formula is C20H22F3N5O. The van der Waals surface area contributed by atoms with Crippen LogP contribution in [0.5, 0.6) is 0 Å². The smallest absolute Gasteiger partial charge is 0.377 e. The second kappa shape index (κ2) is 7.55. The van der Waals surface area contributed by atoms with Gasteiger partial charge in [0.25, 0.3) is 0 Å². The number of H-pyrrole nitrogens is 1. The maximum atomic E-state index is 13.4. The highest BCUT2D eigenvalue weighted by atomic mass is 19.4. The number of nitrogens with zero attached hydrogens (tertiary/aromatic N) is 4. The minimum Gasteiger partial charge on any atom is -0.377 e. The van der Waals surface area contributed by atoms with E-state index in [4.69, 9.17) is 4.74 Å². The van der Waals surface area contributed by atoms with Crippen LogP contribution in [0.25, 0.3) is 10.9 Å². The van der Waals surface area contributed by atoms with Crippen LogP contribution in [-0.4, -0.2) is 54.8 Å². The molecule has 3 aromatic rings. The predicted molar refractivity (Wildman–Crippen MR) is 105 cm³/mol. The summed E-state index contributed by atoms with van der Waals surface area (Å²) in [6.45, 7) is 1.25. The summed E-state index contributed by atoms with van der Waals surface area (Å²) >= 11 is 0. The van der Waals surface area contributed by atoms with E-state index in [-0.39, 0.29) is 17.8 Å². The molecule has 0 bridgehead atoms. The Hall–Kier alpha value is -2.81. The fourth-order valence-corrected chi connectivity index (χ4v) is 3.57. The molecule has 1 N–H and O–H groups in total. The first-order valence-electron chi connectivity index (χ1n) is 9.36. The summed E-state index contributed by atoms with van der Waals surface area (Å²) < 4.78 is 45.8. The van der Waals surface area contributed by atoms with Crippen molar-refractivity contribution in [3.63, 3.8) is 0 Å². The van der Waals surface area contributed by atoms with E-state index >= 15 is 0 Å². The molecule has 0 saturated carbocycles. The summed E-state index contributed by atoms with van der Waals surface area (Å²) in [7, 11) is 3.32. The maximum absolute atomic E-state index is 13.4. The van der Waals surface area contributed by atoms with E-state index < -0.39 is 11.9 Å². The molecule has 0 unspecified atom stereocenters. The summed E-state index contributed by atoms with van der Waals surface area (Å²) in [6.07, 6.45) is -1.99. The first-order chi connectivity index (χ1) is 13.8. The molecule has 0 radical (unpaired) electrons. The number of aromatic nitrogens is 3. The lowest BCUT2D eigenvalue weighted by molar-refractivity contribution is -0.141. The van der Waals surface area contributed by atoms with Crippen molar-refractivity contribution in [3.8, 4) is 0 Å². The van der Waals surface area contributed by atoms with Gasteiger partial charge in [-0.2, -0.15) is 18.2 Å². The van der Waals surface area contributed by atoms with E-state index in [0.29, 0.717) is 26.2 Å². The fourth-order valence-electron chi connectivity index (χ4n) is 3.57. The van der Waals surface area contributed by atoms with E-state index in [2.05, 4.69) is 15.0 Å². The van der Waals surface area contributed by atoms with Gasteiger partial charge < -0.3 is 19.5 Å². The number of hydrogen-bond donors (Lipinski definition) is 1. The average molecular weight is 405 g/mol. The Bertz CT molecular complexity index is 1000. The second-order valence-corrected chi connectivity index (χ2v) is 7.29. The van der Waals surface area contributed by atoms with E-state index in [1.54, 1.807) is 19.0 Å². The highest BCUT2D eigenvalue weighted by Crippen LogP contribution is 2.32. The molecular weight excluding hydrogens is 383 g/mol. The van der Waals surface area contributed by atoms with Crippen molar-refractivity contribution in [2.45, 2.75) is 18.6 Å². The summed E-state index contributed by atoms with van der Waals surface area (Å²) in [6, 6.07) is 8.75. The Balaban J connectivity index is 1.69. The van der Waals surface area contributed by atoms with Crippen LogP contribution in [-0.2, 0) is 17.3 Å². The lowest BCUT2D eigenvalue weighted by atomic mass is 10.0. The molecule has 4 rings (SSSR count). The van der Waals surface area contributed by atoms with Gasteiger partial charge in [0.2, 0.25) is 5.95 Å². The number of ether oxygens (including phenoxy) is 1. The van der Waals surface area contributed by atoms with Gasteiger partial charge in [-0.3, -0.25) is 0 Å². The van der Waals surface area contributed by atoms with E-state index in [1.165, 1.54) is 0 Å². The van der Waals surface area contributed by atoms with Crippen molar-refractivity contribution in [1.29, 1.82) is 0 Å². The standard InChI is InChI=1S/C20H22F3N5O/c1-27(2)18-10-17(20(21,22)23)25-19(26-18)28-7-8-29-12-14(28)9-13-11-24-16-6-4-3-5-15(13)16/h3-6,10-11,14,24H,7-9,12H2,1-2H3/t14-/m0/s1. The molecule has 1 atom stereocenters. The molecule has 154 valence electrons. The number of morpholine rings is 1. The fraction of sp³-hybridized carbons (Fsp3) is 0.400. The Morgan fingerprint density at radius 3 is 2.79 bits per heavy atom. The Labute approximate surface area is 166 Å². The SMILES string of the molecule is CN(C)c1cc(C(F)(F)F)nc(N2CCOC[C@@H]2Cc2c[nH]c3ccccc23)n1. The number of benzene rings is 1. The molecule has 1 aliphatic rings. The summed E-state index contributed by atoms with van der Waals surface area (Å²) in [5.41, 5.74) is 1.17. The Morgan fingerprint density at radius 2 is 2.03 bits per heavy atom. The van der Waals surface area contributed by atoms with Crippen LogP contribution >= 0.6 is 0 Å². The first kappa shape index (κ1) is 19.5. The lowest BCUT2D eigenvalue weighted by Crippen LogP contribution is -2.47. The quantitative estimate of drug-likeness (QED) is 0.720. The number of alkyl halides is 3. The third-order valence-corrected chi connectivity index (χ3v) is 5.06. The zero-order chi connectivity index (χ0) is 20.6. The number of halogens is 3. The number of hydrogen-bond acceptors (Lipinski definition) is 5. The van der Waals surface area contributed by atoms with Gasteiger partial charge in [0.05, 0.1) is 19.3 Å². The molecule has 1 aromatic carbocycles. The van der Waals surface area contributed by atoms with E-state index in [0.717, 1.165) is 22.5 Å². The maximum Gasteiger partial charge on any atom is 0.433 e. The largest absolute Gasteiger partial charge is 0.433 e. The monoisotopic (exact) mass is 405 g/mol. The Kier molecular flexibility index (Phi) is 5.08. The highest BCUT2D eigenvalue weighted by Gasteiger charge is 2.35. The van der Waals surface area contributed by atoms with Gasteiger partial charge in [0, 0.05) is 43.8 Å². The minimum absolute atomic E-state index is 0.0802. The van der Waals surface area contributed by atoms with Crippen LogP contribution in [0.3, 0.4) is 0 Å². The van der Waals surface area contributed by atoms with Crippen molar-refractivity contribution >= 4 is 22.7 Å². The van der Waals surface area contributed by atoms with Crippen LogP contribution in [0.2, 0.25) is 0 Å². The number of para-hydroxylation sites is 1. The van der Waals surface area contributed by atoms with Gasteiger partial charge in [-0.15, -0.1) is 0 Å². The van der Waals surface area contributed by atoms with Crippen LogP contribution in [0.15, 0.2) is 36.5 Å². The molecule has 29 heavy (non-hydrogen) atoms. The molecule has 0 aliphatic carbocycles. The molecule has 9 heteroatoms. The number of fused-ring (bicyclic) bond motifs is 1. The summed E-state index contributed by atoms with van der Waals surface area (Å²) in [4.78, 5) is 14.9. The van der Waals surface area contributed by atoms with Crippen LogP contribution < -0.4 is 9.80 Å². The molecule has 1 fully saturated rings. The molecule has 1 saturated heterocycles. The van der Waals surface area contributed by atoms with Gasteiger partial charge in [-0.25, -0.2) is 4.98 Å². The molecule has 0 spiro atoms. The normalized spacial score (nSPS) is 17.7. The van der Waals surface area contributed by atoms with Crippen molar-refractivity contribution in [1.82, 2.24) is 15.0 Å². The number of nitrogens with one attached hydrogen (secondary N) is 1. The van der Waals surface area contributed by atoms with Crippen LogP contribution in [0.4, 0.5) is 24.9 Å². The zero-order valence-corrected chi connectivity index (χ0v) is 16.2. The molecule has 1 aliphatic heterocycles. The molecule has 0 amide bonds. The van der Waals surface area contributed by atoms with Gasteiger partial charge in [0.15, 0.2) is 5.69 Å². The minimum atomic E-state index is -4.54. The average Bonchev–Trinajstić information content (AvgIpc) is 3.10. The van der Waals surface area contributed by atoms with Crippen LogP contribution in [0, 0.1) is 0 Å². The number of anilines is 2. The topological polar surface area (TPSA) is 57.3 Å². The lowest BCUT2D eigenvalue weighted by Gasteiger charge is -2.36.